The largest absolute Gasteiger partial charge is 0.324 e. The molecule has 0 fully saturated rings. The normalized spacial score (nSPS) is 12.2. The Morgan fingerprint density at radius 1 is 1.44 bits per heavy atom. The molecule has 3 N–H and O–H groups in total. The van der Waals surface area contributed by atoms with Crippen LogP contribution < -0.4 is 11.1 Å². The highest BCUT2D eigenvalue weighted by molar-refractivity contribution is 9.10. The van der Waals surface area contributed by atoms with Gasteiger partial charge in [0.15, 0.2) is 0 Å². The van der Waals surface area contributed by atoms with Crippen LogP contribution in [0.15, 0.2) is 40.2 Å². The van der Waals surface area contributed by atoms with Crippen molar-refractivity contribution in [1.29, 1.82) is 0 Å². The topological polar surface area (TPSA) is 55.1 Å². The average molecular weight is 325 g/mol. The first-order valence-corrected chi connectivity index (χ1v) is 7.11. The van der Waals surface area contributed by atoms with Gasteiger partial charge in [0.2, 0.25) is 5.91 Å². The van der Waals surface area contributed by atoms with E-state index in [1.807, 2.05) is 42.6 Å². The molecule has 0 bridgehead atoms. The number of anilines is 1. The van der Waals surface area contributed by atoms with E-state index in [1.54, 1.807) is 0 Å². The Morgan fingerprint density at radius 2 is 2.22 bits per heavy atom. The van der Waals surface area contributed by atoms with Crippen molar-refractivity contribution in [3.63, 3.8) is 0 Å². The molecule has 2 aromatic rings. The summed E-state index contributed by atoms with van der Waals surface area (Å²) in [7, 11) is 0. The van der Waals surface area contributed by atoms with Crippen LogP contribution in [0.2, 0.25) is 0 Å². The first-order chi connectivity index (χ1) is 8.58. The van der Waals surface area contributed by atoms with Gasteiger partial charge in [-0.2, -0.15) is 0 Å². The van der Waals surface area contributed by atoms with Crippen molar-refractivity contribution in [2.24, 2.45) is 5.73 Å². The fraction of sp³-hybridized carbons (Fsp3) is 0.154. The minimum absolute atomic E-state index is 0.192. The van der Waals surface area contributed by atoms with Crippen molar-refractivity contribution in [2.75, 3.05) is 5.32 Å². The number of halogens is 1. The van der Waals surface area contributed by atoms with Gasteiger partial charge in [0.1, 0.15) is 6.04 Å². The molecular weight excluding hydrogens is 312 g/mol. The van der Waals surface area contributed by atoms with Crippen LogP contribution >= 0.6 is 27.3 Å². The zero-order valence-corrected chi connectivity index (χ0v) is 12.2. The summed E-state index contributed by atoms with van der Waals surface area (Å²) >= 11 is 4.87. The molecule has 0 saturated carbocycles. The Bertz CT molecular complexity index is 554. The highest BCUT2D eigenvalue weighted by Crippen LogP contribution is 2.22. The van der Waals surface area contributed by atoms with Crippen LogP contribution in [0.25, 0.3) is 0 Å². The Kier molecular flexibility index (Phi) is 4.16. The summed E-state index contributed by atoms with van der Waals surface area (Å²) in [4.78, 5) is 12.9. The molecule has 0 aliphatic heterocycles. The number of aryl methyl sites for hydroxylation is 1. The molecule has 0 aliphatic rings. The number of nitrogens with one attached hydrogen (secondary N) is 1. The van der Waals surface area contributed by atoms with E-state index in [9.17, 15) is 4.79 Å². The maximum atomic E-state index is 12.0. The third-order valence-electron chi connectivity index (χ3n) is 2.58. The fourth-order valence-corrected chi connectivity index (χ4v) is 2.78. The molecule has 1 aromatic heterocycles. The predicted octanol–water partition coefficient (Wildman–Crippen LogP) is 3.46. The van der Waals surface area contributed by atoms with Gasteiger partial charge in [-0.15, -0.1) is 11.3 Å². The number of thiophene rings is 1. The van der Waals surface area contributed by atoms with E-state index in [1.165, 1.54) is 11.3 Å². The van der Waals surface area contributed by atoms with Crippen molar-refractivity contribution in [2.45, 2.75) is 13.0 Å². The summed E-state index contributed by atoms with van der Waals surface area (Å²) in [5.74, 6) is -0.192. The lowest BCUT2D eigenvalue weighted by Gasteiger charge is -2.12. The smallest absolute Gasteiger partial charge is 0.246 e. The number of carbonyl (C=O) groups excluding carboxylic acids is 1. The van der Waals surface area contributed by atoms with Crippen LogP contribution in [-0.2, 0) is 4.79 Å². The Hall–Kier alpha value is -1.17. The maximum absolute atomic E-state index is 12.0. The van der Waals surface area contributed by atoms with Gasteiger partial charge < -0.3 is 11.1 Å². The number of carbonyl (C=O) groups is 1. The monoisotopic (exact) mass is 324 g/mol. The lowest BCUT2D eigenvalue weighted by molar-refractivity contribution is -0.117. The second-order valence-electron chi connectivity index (χ2n) is 3.94. The van der Waals surface area contributed by atoms with E-state index in [0.717, 1.165) is 20.6 Å². The Labute approximate surface area is 118 Å². The fourth-order valence-electron chi connectivity index (χ4n) is 1.58. The van der Waals surface area contributed by atoms with E-state index in [2.05, 4.69) is 21.2 Å². The molecule has 1 unspecified atom stereocenters. The summed E-state index contributed by atoms with van der Waals surface area (Å²) in [6.45, 7) is 1.94. The zero-order valence-electron chi connectivity index (χ0n) is 9.81. The lowest BCUT2D eigenvalue weighted by atomic mass is 10.2. The first kappa shape index (κ1) is 13.3. The van der Waals surface area contributed by atoms with Gasteiger partial charge in [-0.05, 0) is 42.1 Å². The number of hydrogen-bond donors (Lipinski definition) is 2. The van der Waals surface area contributed by atoms with Crippen LogP contribution in [0.4, 0.5) is 5.69 Å². The van der Waals surface area contributed by atoms with E-state index in [-0.39, 0.29) is 5.91 Å². The van der Waals surface area contributed by atoms with Crippen molar-refractivity contribution < 1.29 is 4.79 Å². The molecule has 1 heterocycles. The third kappa shape index (κ3) is 2.98. The molecule has 1 atom stereocenters. The van der Waals surface area contributed by atoms with Gasteiger partial charge in [0.25, 0.3) is 0 Å². The third-order valence-corrected chi connectivity index (χ3v) is 4.03. The number of nitrogens with two attached hydrogens (primary N) is 1. The van der Waals surface area contributed by atoms with Crippen molar-refractivity contribution in [3.05, 3.63) is 50.6 Å². The molecule has 5 heteroatoms. The SMILES string of the molecule is Cc1cc(Br)ccc1NC(=O)C(N)c1cccs1. The quantitative estimate of drug-likeness (QED) is 0.908. The second-order valence-corrected chi connectivity index (χ2v) is 5.84. The molecule has 0 aliphatic carbocycles. The average Bonchev–Trinajstić information content (AvgIpc) is 2.85. The molecule has 2 rings (SSSR count). The van der Waals surface area contributed by atoms with Crippen LogP contribution in [0.1, 0.15) is 16.5 Å². The zero-order chi connectivity index (χ0) is 13.1. The summed E-state index contributed by atoms with van der Waals surface area (Å²) < 4.78 is 0.987. The number of rotatable bonds is 3. The second kappa shape index (κ2) is 5.65. The van der Waals surface area contributed by atoms with E-state index >= 15 is 0 Å². The van der Waals surface area contributed by atoms with Crippen LogP contribution in [0.3, 0.4) is 0 Å². The molecule has 0 saturated heterocycles. The van der Waals surface area contributed by atoms with Gasteiger partial charge >= 0.3 is 0 Å². The van der Waals surface area contributed by atoms with Crippen molar-refractivity contribution in [1.82, 2.24) is 0 Å². The maximum Gasteiger partial charge on any atom is 0.246 e. The molecule has 3 nitrogen and oxygen atoms in total. The number of amides is 1. The molecule has 94 valence electrons. The van der Waals surface area contributed by atoms with Crippen LogP contribution in [0, 0.1) is 6.92 Å². The molecule has 0 spiro atoms. The van der Waals surface area contributed by atoms with Crippen LogP contribution in [-0.4, -0.2) is 5.91 Å². The number of hydrogen-bond acceptors (Lipinski definition) is 3. The summed E-state index contributed by atoms with van der Waals surface area (Å²) in [5, 5.41) is 4.76. The molecule has 18 heavy (non-hydrogen) atoms. The molecule has 1 amide bonds. The Morgan fingerprint density at radius 3 is 2.83 bits per heavy atom. The Balaban J connectivity index is 2.12. The highest BCUT2D eigenvalue weighted by Gasteiger charge is 2.17. The summed E-state index contributed by atoms with van der Waals surface area (Å²) in [6, 6.07) is 8.83. The minimum atomic E-state index is -0.618. The molecular formula is C13H13BrN2OS. The standard InChI is InChI=1S/C13H13BrN2OS/c1-8-7-9(14)4-5-10(8)16-13(17)12(15)11-3-2-6-18-11/h2-7,12H,15H2,1H3,(H,16,17). The lowest BCUT2D eigenvalue weighted by Crippen LogP contribution is -2.27. The summed E-state index contributed by atoms with van der Waals surface area (Å²) in [5.41, 5.74) is 7.68. The predicted molar refractivity (Wildman–Crippen MR) is 78.8 cm³/mol. The minimum Gasteiger partial charge on any atom is -0.324 e. The van der Waals surface area contributed by atoms with Crippen molar-refractivity contribution in [3.8, 4) is 0 Å². The van der Waals surface area contributed by atoms with E-state index < -0.39 is 6.04 Å². The summed E-state index contributed by atoms with van der Waals surface area (Å²) in [6.07, 6.45) is 0. The molecule has 0 radical (unpaired) electrons. The van der Waals surface area contributed by atoms with Gasteiger partial charge in [0, 0.05) is 15.0 Å². The van der Waals surface area contributed by atoms with E-state index in [0.29, 0.717) is 0 Å². The van der Waals surface area contributed by atoms with Gasteiger partial charge in [-0.3, -0.25) is 4.79 Å². The van der Waals surface area contributed by atoms with E-state index in [4.69, 9.17) is 5.73 Å². The number of benzene rings is 1. The van der Waals surface area contributed by atoms with Gasteiger partial charge in [-0.1, -0.05) is 22.0 Å². The van der Waals surface area contributed by atoms with Gasteiger partial charge in [-0.25, -0.2) is 0 Å². The highest BCUT2D eigenvalue weighted by atomic mass is 79.9. The van der Waals surface area contributed by atoms with Crippen LogP contribution in [0.5, 0.6) is 0 Å². The first-order valence-electron chi connectivity index (χ1n) is 5.44. The molecule has 1 aromatic carbocycles. The van der Waals surface area contributed by atoms with Gasteiger partial charge in [0.05, 0.1) is 0 Å². The van der Waals surface area contributed by atoms with Crippen molar-refractivity contribution >= 4 is 38.9 Å².